The summed E-state index contributed by atoms with van der Waals surface area (Å²) in [5.41, 5.74) is 1.66. The molecule has 0 aliphatic carbocycles. The van der Waals surface area contributed by atoms with Gasteiger partial charge in [-0.25, -0.2) is 0 Å². The summed E-state index contributed by atoms with van der Waals surface area (Å²) in [5.74, 6) is 3.09. The topological polar surface area (TPSA) is 105 Å². The zero-order chi connectivity index (χ0) is 21.2. The van der Waals surface area contributed by atoms with E-state index in [1.165, 1.54) is 11.8 Å². The minimum atomic E-state index is -0.184. The van der Waals surface area contributed by atoms with Crippen molar-refractivity contribution in [2.75, 3.05) is 25.8 Å². The zero-order valence-corrected chi connectivity index (χ0v) is 17.4. The first kappa shape index (κ1) is 19.6. The third-order valence-electron chi connectivity index (χ3n) is 4.80. The van der Waals surface area contributed by atoms with E-state index in [1.807, 2.05) is 31.2 Å². The predicted molar refractivity (Wildman–Crippen MR) is 111 cm³/mol. The summed E-state index contributed by atoms with van der Waals surface area (Å²) in [6.45, 7) is 3.18. The lowest BCUT2D eigenvalue weighted by atomic mass is 10.1. The van der Waals surface area contributed by atoms with E-state index in [0.717, 1.165) is 16.9 Å². The molecule has 0 saturated heterocycles. The van der Waals surface area contributed by atoms with Crippen molar-refractivity contribution >= 4 is 17.7 Å². The van der Waals surface area contributed by atoms with Gasteiger partial charge in [0.05, 0.1) is 11.8 Å². The van der Waals surface area contributed by atoms with Crippen molar-refractivity contribution in [3.05, 3.63) is 42.0 Å². The Labute approximate surface area is 182 Å². The molecule has 0 spiro atoms. The molecule has 0 unspecified atom stereocenters. The van der Waals surface area contributed by atoms with E-state index in [1.54, 1.807) is 12.1 Å². The van der Waals surface area contributed by atoms with Crippen LogP contribution in [0.5, 0.6) is 23.0 Å². The largest absolute Gasteiger partial charge is 0.486 e. The summed E-state index contributed by atoms with van der Waals surface area (Å²) in [6, 6.07) is 10.9. The van der Waals surface area contributed by atoms with Gasteiger partial charge >= 0.3 is 0 Å². The van der Waals surface area contributed by atoms with Crippen LogP contribution in [-0.4, -0.2) is 41.9 Å². The molecule has 160 valence electrons. The number of ether oxygens (including phenoxy) is 4. The predicted octanol–water partition coefficient (Wildman–Crippen LogP) is 3.21. The van der Waals surface area contributed by atoms with Crippen LogP contribution in [0.4, 0.5) is 0 Å². The van der Waals surface area contributed by atoms with E-state index in [0.29, 0.717) is 41.6 Å². The molecule has 0 fully saturated rings. The average molecular weight is 441 g/mol. The second-order valence-corrected chi connectivity index (χ2v) is 7.85. The smallest absolute Gasteiger partial charge is 0.277 e. The lowest BCUT2D eigenvalue weighted by Gasteiger charge is -2.21. The first-order chi connectivity index (χ1) is 15.2. The standard InChI is InChI=1S/C21H19N3O6S/c1-12(13-2-4-15-17(8-13)27-7-6-26-15)22-19(25)10-31-21-24-23-20(30-21)14-3-5-16-18(9-14)29-11-28-16/h2-5,8-9,12H,6-7,10-11H2,1H3,(H,22,25)/t12-/m0/s1. The fraction of sp³-hybridized carbons (Fsp3) is 0.286. The van der Waals surface area contributed by atoms with Gasteiger partial charge in [-0.1, -0.05) is 17.8 Å². The summed E-state index contributed by atoms with van der Waals surface area (Å²) < 4.78 is 27.5. The number of nitrogens with one attached hydrogen (secondary N) is 1. The number of thioether (sulfide) groups is 1. The third kappa shape index (κ3) is 4.24. The van der Waals surface area contributed by atoms with Crippen molar-refractivity contribution in [1.82, 2.24) is 15.5 Å². The molecule has 0 saturated carbocycles. The summed E-state index contributed by atoms with van der Waals surface area (Å²) >= 11 is 1.18. The lowest BCUT2D eigenvalue weighted by molar-refractivity contribution is -0.119. The highest BCUT2D eigenvalue weighted by Gasteiger charge is 2.19. The molecule has 1 N–H and O–H groups in total. The van der Waals surface area contributed by atoms with Crippen LogP contribution in [0.25, 0.3) is 11.5 Å². The first-order valence-corrected chi connectivity index (χ1v) is 10.7. The van der Waals surface area contributed by atoms with Crippen LogP contribution >= 0.6 is 11.8 Å². The van der Waals surface area contributed by atoms with Crippen molar-refractivity contribution in [2.24, 2.45) is 0 Å². The molecular formula is C21H19N3O6S. The molecule has 2 aliphatic heterocycles. The SMILES string of the molecule is C[C@H](NC(=O)CSc1nnc(-c2ccc3c(c2)OCO3)o1)c1ccc2c(c1)OCCO2. The van der Waals surface area contributed by atoms with Gasteiger partial charge in [0.2, 0.25) is 18.6 Å². The first-order valence-electron chi connectivity index (χ1n) is 9.71. The van der Waals surface area contributed by atoms with E-state index >= 15 is 0 Å². The average Bonchev–Trinajstić information content (AvgIpc) is 3.46. The highest BCUT2D eigenvalue weighted by Crippen LogP contribution is 2.36. The molecule has 5 rings (SSSR count). The van der Waals surface area contributed by atoms with Crippen LogP contribution in [0.15, 0.2) is 46.0 Å². The maximum absolute atomic E-state index is 12.4. The van der Waals surface area contributed by atoms with Crippen LogP contribution < -0.4 is 24.3 Å². The van der Waals surface area contributed by atoms with Gasteiger partial charge in [0.1, 0.15) is 13.2 Å². The van der Waals surface area contributed by atoms with E-state index < -0.39 is 0 Å². The maximum atomic E-state index is 12.4. The molecule has 9 nitrogen and oxygen atoms in total. The Morgan fingerprint density at radius 1 is 1.00 bits per heavy atom. The zero-order valence-electron chi connectivity index (χ0n) is 16.6. The van der Waals surface area contributed by atoms with Crippen molar-refractivity contribution in [3.8, 4) is 34.5 Å². The van der Waals surface area contributed by atoms with Crippen LogP contribution in [0.3, 0.4) is 0 Å². The van der Waals surface area contributed by atoms with Crippen LogP contribution in [0, 0.1) is 0 Å². The van der Waals surface area contributed by atoms with Crippen molar-refractivity contribution < 1.29 is 28.2 Å². The van der Waals surface area contributed by atoms with Gasteiger partial charge in [0.15, 0.2) is 23.0 Å². The van der Waals surface area contributed by atoms with Gasteiger partial charge in [0.25, 0.3) is 5.22 Å². The Bertz CT molecular complexity index is 1120. The molecule has 0 bridgehead atoms. The fourth-order valence-electron chi connectivity index (χ4n) is 3.24. The Morgan fingerprint density at radius 3 is 2.65 bits per heavy atom. The Kier molecular flexibility index (Phi) is 5.29. The molecule has 3 aromatic rings. The number of fused-ring (bicyclic) bond motifs is 2. The number of hydrogen-bond donors (Lipinski definition) is 1. The molecule has 2 aliphatic rings. The van der Waals surface area contributed by atoms with E-state index in [2.05, 4.69) is 15.5 Å². The lowest BCUT2D eigenvalue weighted by Crippen LogP contribution is -2.28. The molecular weight excluding hydrogens is 422 g/mol. The van der Waals surface area contributed by atoms with E-state index in [9.17, 15) is 4.79 Å². The molecule has 3 heterocycles. The highest BCUT2D eigenvalue weighted by molar-refractivity contribution is 7.99. The summed E-state index contributed by atoms with van der Waals surface area (Å²) in [7, 11) is 0. The van der Waals surface area contributed by atoms with Gasteiger partial charge in [0, 0.05) is 5.56 Å². The Hall–Kier alpha value is -3.40. The minimum absolute atomic E-state index is 0.143. The maximum Gasteiger partial charge on any atom is 0.277 e. The van der Waals surface area contributed by atoms with Crippen molar-refractivity contribution in [1.29, 1.82) is 0 Å². The number of benzene rings is 2. The van der Waals surface area contributed by atoms with Gasteiger partial charge in [-0.05, 0) is 42.8 Å². The van der Waals surface area contributed by atoms with Crippen molar-refractivity contribution in [3.63, 3.8) is 0 Å². The highest BCUT2D eigenvalue weighted by atomic mass is 32.2. The molecule has 1 atom stereocenters. The van der Waals surface area contributed by atoms with Gasteiger partial charge in [-0.3, -0.25) is 4.79 Å². The number of nitrogens with zero attached hydrogens (tertiary/aromatic N) is 2. The van der Waals surface area contributed by atoms with Gasteiger partial charge in [-0.2, -0.15) is 0 Å². The minimum Gasteiger partial charge on any atom is -0.486 e. The van der Waals surface area contributed by atoms with Crippen molar-refractivity contribution in [2.45, 2.75) is 18.2 Å². The number of aromatic nitrogens is 2. The molecule has 10 heteroatoms. The number of carbonyl (C=O) groups is 1. The summed E-state index contributed by atoms with van der Waals surface area (Å²) in [4.78, 5) is 12.4. The number of carbonyl (C=O) groups excluding carboxylic acids is 1. The molecule has 1 aromatic heterocycles. The summed E-state index contributed by atoms with van der Waals surface area (Å²) in [6.07, 6.45) is 0. The quantitative estimate of drug-likeness (QED) is 0.577. The second kappa shape index (κ2) is 8.38. The molecule has 0 radical (unpaired) electrons. The molecule has 2 aromatic carbocycles. The number of amides is 1. The monoisotopic (exact) mass is 441 g/mol. The van der Waals surface area contributed by atoms with Gasteiger partial charge in [-0.15, -0.1) is 10.2 Å². The molecule has 31 heavy (non-hydrogen) atoms. The normalized spacial score (nSPS) is 14.9. The Balaban J connectivity index is 1.17. The van der Waals surface area contributed by atoms with Crippen LogP contribution in [0.1, 0.15) is 18.5 Å². The number of rotatable bonds is 6. The van der Waals surface area contributed by atoms with Crippen LogP contribution in [-0.2, 0) is 4.79 Å². The fourth-order valence-corrected chi connectivity index (χ4v) is 3.81. The summed E-state index contributed by atoms with van der Waals surface area (Å²) in [5, 5.41) is 11.3. The van der Waals surface area contributed by atoms with E-state index in [4.69, 9.17) is 23.4 Å². The molecule has 1 amide bonds. The second-order valence-electron chi connectivity index (χ2n) is 6.92. The van der Waals surface area contributed by atoms with Crippen LogP contribution in [0.2, 0.25) is 0 Å². The third-order valence-corrected chi connectivity index (χ3v) is 5.61. The Morgan fingerprint density at radius 2 is 1.74 bits per heavy atom. The van der Waals surface area contributed by atoms with Gasteiger partial charge < -0.3 is 28.7 Å². The number of hydrogen-bond acceptors (Lipinski definition) is 9. The van der Waals surface area contributed by atoms with E-state index in [-0.39, 0.29) is 24.5 Å².